The van der Waals surface area contributed by atoms with Crippen molar-refractivity contribution in [1.82, 2.24) is 9.21 Å². The number of carbonyl (C=O) groups excluding carboxylic acids is 1. The molecule has 1 aliphatic heterocycles. The molecule has 2 aromatic rings. The highest BCUT2D eigenvalue weighted by Crippen LogP contribution is 2.18. The van der Waals surface area contributed by atoms with Crippen LogP contribution in [0.2, 0.25) is 0 Å². The van der Waals surface area contributed by atoms with Gasteiger partial charge in [-0.3, -0.25) is 4.79 Å². The van der Waals surface area contributed by atoms with Gasteiger partial charge in [0.2, 0.25) is 15.9 Å². The molecule has 0 saturated carbocycles. The molecule has 0 bridgehead atoms. The molecule has 1 saturated heterocycles. The van der Waals surface area contributed by atoms with Crippen molar-refractivity contribution in [1.29, 1.82) is 0 Å². The lowest BCUT2D eigenvalue weighted by atomic mass is 10.2. The molecule has 0 spiro atoms. The number of piperazine rings is 1. The molecule has 0 unspecified atom stereocenters. The largest absolute Gasteiger partial charge is 0.337 e. The fraction of sp³-hybridized carbons (Fsp3) is 0.278. The zero-order valence-corrected chi connectivity index (χ0v) is 15.6. The first-order chi connectivity index (χ1) is 12.0. The number of benzene rings is 1. The molecule has 25 heavy (non-hydrogen) atoms. The van der Waals surface area contributed by atoms with Crippen LogP contribution in [0.15, 0.2) is 52.7 Å². The summed E-state index contributed by atoms with van der Waals surface area (Å²) < 4.78 is 26.8. The lowest BCUT2D eigenvalue weighted by Gasteiger charge is -2.33. The molecule has 1 aliphatic rings. The van der Waals surface area contributed by atoms with Crippen molar-refractivity contribution in [2.75, 3.05) is 26.2 Å². The molecule has 1 aromatic carbocycles. The van der Waals surface area contributed by atoms with E-state index in [9.17, 15) is 13.2 Å². The molecular formula is C18H20N2O3S2. The Morgan fingerprint density at radius 3 is 2.36 bits per heavy atom. The van der Waals surface area contributed by atoms with E-state index in [0.29, 0.717) is 31.1 Å². The van der Waals surface area contributed by atoms with Gasteiger partial charge in [0.1, 0.15) is 0 Å². The van der Waals surface area contributed by atoms with Crippen LogP contribution < -0.4 is 0 Å². The van der Waals surface area contributed by atoms with E-state index in [1.807, 2.05) is 24.4 Å². The number of hydrogen-bond acceptors (Lipinski definition) is 4. The SMILES string of the molecule is Cc1ccc(S(=O)(=O)N2CCN(C(=O)C=Cc3cccs3)CC2)cc1. The Morgan fingerprint density at radius 2 is 1.76 bits per heavy atom. The average Bonchev–Trinajstić information content (AvgIpc) is 3.14. The lowest BCUT2D eigenvalue weighted by Crippen LogP contribution is -2.50. The van der Waals surface area contributed by atoms with Crippen LogP contribution in [0, 0.1) is 6.92 Å². The summed E-state index contributed by atoms with van der Waals surface area (Å²) >= 11 is 1.57. The molecule has 5 nitrogen and oxygen atoms in total. The minimum atomic E-state index is -3.50. The van der Waals surface area contributed by atoms with Crippen LogP contribution in [0.25, 0.3) is 6.08 Å². The van der Waals surface area contributed by atoms with Gasteiger partial charge in [-0.05, 0) is 36.6 Å². The van der Waals surface area contributed by atoms with Gasteiger partial charge >= 0.3 is 0 Å². The third kappa shape index (κ3) is 4.18. The van der Waals surface area contributed by atoms with Crippen LogP contribution in [0.3, 0.4) is 0 Å². The third-order valence-corrected chi connectivity index (χ3v) is 6.89. The normalized spacial score (nSPS) is 16.4. The minimum absolute atomic E-state index is 0.0826. The monoisotopic (exact) mass is 376 g/mol. The van der Waals surface area contributed by atoms with Crippen molar-refractivity contribution >= 4 is 33.3 Å². The zero-order valence-electron chi connectivity index (χ0n) is 14.0. The van der Waals surface area contributed by atoms with Crippen LogP contribution >= 0.6 is 11.3 Å². The van der Waals surface area contributed by atoms with Gasteiger partial charge in [0.15, 0.2) is 0 Å². The standard InChI is InChI=1S/C18H20N2O3S2/c1-15-4-7-17(8-5-15)25(22,23)20-12-10-19(11-13-20)18(21)9-6-16-3-2-14-24-16/h2-9,14H,10-13H2,1H3. The number of nitrogens with zero attached hydrogens (tertiary/aromatic N) is 2. The summed E-state index contributed by atoms with van der Waals surface area (Å²) in [6, 6.07) is 10.7. The maximum atomic E-state index is 12.7. The third-order valence-electron chi connectivity index (χ3n) is 4.14. The maximum Gasteiger partial charge on any atom is 0.246 e. The van der Waals surface area contributed by atoms with E-state index in [-0.39, 0.29) is 5.91 Å². The lowest BCUT2D eigenvalue weighted by molar-refractivity contribution is -0.127. The first-order valence-corrected chi connectivity index (χ1v) is 10.4. The molecule has 0 aliphatic carbocycles. The first kappa shape index (κ1) is 17.8. The van der Waals surface area contributed by atoms with Crippen molar-refractivity contribution in [3.63, 3.8) is 0 Å². The van der Waals surface area contributed by atoms with Gasteiger partial charge in [-0.1, -0.05) is 23.8 Å². The Kier molecular flexibility index (Phi) is 5.36. The van der Waals surface area contributed by atoms with Gasteiger partial charge in [0, 0.05) is 37.1 Å². The number of carbonyl (C=O) groups is 1. The fourth-order valence-electron chi connectivity index (χ4n) is 2.65. The van der Waals surface area contributed by atoms with E-state index in [2.05, 4.69) is 0 Å². The number of thiophene rings is 1. The highest BCUT2D eigenvalue weighted by molar-refractivity contribution is 7.89. The van der Waals surface area contributed by atoms with Crippen LogP contribution in [0.5, 0.6) is 0 Å². The van der Waals surface area contributed by atoms with Crippen LogP contribution in [-0.4, -0.2) is 49.7 Å². The van der Waals surface area contributed by atoms with E-state index in [0.717, 1.165) is 10.4 Å². The van der Waals surface area contributed by atoms with Crippen LogP contribution in [-0.2, 0) is 14.8 Å². The minimum Gasteiger partial charge on any atom is -0.337 e. The van der Waals surface area contributed by atoms with E-state index in [4.69, 9.17) is 0 Å². The molecule has 0 atom stereocenters. The molecule has 0 radical (unpaired) electrons. The summed E-state index contributed by atoms with van der Waals surface area (Å²) in [6.45, 7) is 3.35. The first-order valence-electron chi connectivity index (χ1n) is 8.04. The van der Waals surface area contributed by atoms with Gasteiger partial charge in [0.25, 0.3) is 0 Å². The molecule has 1 fully saturated rings. The van der Waals surface area contributed by atoms with Crippen molar-refractivity contribution in [3.05, 3.63) is 58.3 Å². The smallest absolute Gasteiger partial charge is 0.246 e. The summed E-state index contributed by atoms with van der Waals surface area (Å²) in [5.41, 5.74) is 1.02. The maximum absolute atomic E-state index is 12.7. The quantitative estimate of drug-likeness (QED) is 0.771. The Balaban J connectivity index is 1.61. The number of hydrogen-bond donors (Lipinski definition) is 0. The predicted molar refractivity (Wildman–Crippen MR) is 99.9 cm³/mol. The van der Waals surface area contributed by atoms with Crippen LogP contribution in [0.1, 0.15) is 10.4 Å². The van der Waals surface area contributed by atoms with Crippen molar-refractivity contribution < 1.29 is 13.2 Å². The number of rotatable bonds is 4. The van der Waals surface area contributed by atoms with Gasteiger partial charge in [-0.15, -0.1) is 11.3 Å². The number of aryl methyl sites for hydroxylation is 1. The topological polar surface area (TPSA) is 57.7 Å². The summed E-state index contributed by atoms with van der Waals surface area (Å²) in [6.07, 6.45) is 3.35. The van der Waals surface area contributed by atoms with Gasteiger partial charge in [-0.2, -0.15) is 4.31 Å². The molecule has 1 amide bonds. The van der Waals surface area contributed by atoms with Gasteiger partial charge in [-0.25, -0.2) is 8.42 Å². The van der Waals surface area contributed by atoms with E-state index in [1.165, 1.54) is 4.31 Å². The molecule has 7 heteroatoms. The molecule has 1 aromatic heterocycles. The summed E-state index contributed by atoms with van der Waals surface area (Å²) in [5.74, 6) is -0.0826. The molecule has 3 rings (SSSR count). The van der Waals surface area contributed by atoms with Crippen molar-refractivity contribution in [2.24, 2.45) is 0 Å². The van der Waals surface area contributed by atoms with E-state index in [1.54, 1.807) is 52.7 Å². The van der Waals surface area contributed by atoms with E-state index >= 15 is 0 Å². The van der Waals surface area contributed by atoms with Gasteiger partial charge < -0.3 is 4.90 Å². The second-order valence-electron chi connectivity index (χ2n) is 5.89. The fourth-order valence-corrected chi connectivity index (χ4v) is 4.69. The van der Waals surface area contributed by atoms with Gasteiger partial charge in [0.05, 0.1) is 4.90 Å². The number of amides is 1. The Bertz CT molecular complexity index is 848. The second kappa shape index (κ2) is 7.51. The Morgan fingerprint density at radius 1 is 1.08 bits per heavy atom. The second-order valence-corrected chi connectivity index (χ2v) is 8.81. The zero-order chi connectivity index (χ0) is 17.9. The van der Waals surface area contributed by atoms with Crippen molar-refractivity contribution in [2.45, 2.75) is 11.8 Å². The molecule has 0 N–H and O–H groups in total. The predicted octanol–water partition coefficient (Wildman–Crippen LogP) is 2.60. The molecule has 132 valence electrons. The summed E-state index contributed by atoms with van der Waals surface area (Å²) in [4.78, 5) is 15.2. The summed E-state index contributed by atoms with van der Waals surface area (Å²) in [5, 5.41) is 1.96. The average molecular weight is 377 g/mol. The van der Waals surface area contributed by atoms with Crippen LogP contribution in [0.4, 0.5) is 0 Å². The highest BCUT2D eigenvalue weighted by Gasteiger charge is 2.29. The van der Waals surface area contributed by atoms with Crippen molar-refractivity contribution in [3.8, 4) is 0 Å². The molecular weight excluding hydrogens is 356 g/mol. The highest BCUT2D eigenvalue weighted by atomic mass is 32.2. The molecule has 2 heterocycles. The Hall–Kier alpha value is -1.96. The summed E-state index contributed by atoms with van der Waals surface area (Å²) in [7, 11) is -3.50. The van der Waals surface area contributed by atoms with E-state index < -0.39 is 10.0 Å². The Labute approximate surface area is 152 Å². The number of sulfonamides is 1.